The maximum Gasteiger partial charge on any atom is 0.348 e. The highest BCUT2D eigenvalue weighted by Crippen LogP contribution is 2.34. The third kappa shape index (κ3) is 3.29. The molecule has 1 amide bonds. The zero-order chi connectivity index (χ0) is 18.1. The van der Waals surface area contributed by atoms with Crippen molar-refractivity contribution < 1.29 is 14.3 Å². The Labute approximate surface area is 151 Å². The van der Waals surface area contributed by atoms with Crippen LogP contribution in [0.25, 0.3) is 10.1 Å². The zero-order valence-electron chi connectivity index (χ0n) is 13.3. The van der Waals surface area contributed by atoms with Crippen LogP contribution in [0.2, 0.25) is 5.02 Å². The van der Waals surface area contributed by atoms with Crippen LogP contribution in [0.4, 0.5) is 0 Å². The first-order valence-electron chi connectivity index (χ1n) is 7.24. The summed E-state index contributed by atoms with van der Waals surface area (Å²) < 4.78 is 5.82. The Balaban J connectivity index is 1.89. The van der Waals surface area contributed by atoms with Crippen LogP contribution in [0.5, 0.6) is 5.75 Å². The van der Waals surface area contributed by atoms with Gasteiger partial charge in [0.05, 0.1) is 10.7 Å². The fourth-order valence-electron chi connectivity index (χ4n) is 2.33. The highest BCUT2D eigenvalue weighted by atomic mass is 35.5. The summed E-state index contributed by atoms with van der Waals surface area (Å²) in [5.41, 5.74) is 1.64. The van der Waals surface area contributed by atoms with E-state index in [2.05, 4.69) is 10.5 Å². The highest BCUT2D eigenvalue weighted by molar-refractivity contribution is 7.21. The number of nitrogens with zero attached hydrogens (tertiary/aromatic N) is 1. The smallest absolute Gasteiger partial charge is 0.348 e. The molecule has 0 atom stereocenters. The van der Waals surface area contributed by atoms with Crippen molar-refractivity contribution >= 4 is 44.6 Å². The van der Waals surface area contributed by atoms with E-state index in [4.69, 9.17) is 16.0 Å². The molecular weight excluding hydrogens is 364 g/mol. The third-order valence-corrected chi connectivity index (χ3v) is 5.16. The Morgan fingerprint density at radius 2 is 2.08 bits per heavy atom. The summed E-state index contributed by atoms with van der Waals surface area (Å²) in [6.45, 7) is 3.02. The first-order valence-corrected chi connectivity index (χ1v) is 8.43. The molecule has 0 aliphatic rings. The molecule has 6 nitrogen and oxygen atoms in total. The van der Waals surface area contributed by atoms with Crippen LogP contribution in [0.15, 0.2) is 44.6 Å². The summed E-state index contributed by atoms with van der Waals surface area (Å²) in [6, 6.07) is 8.70. The lowest BCUT2D eigenvalue weighted by atomic mass is 10.2. The second-order valence-corrected chi connectivity index (χ2v) is 6.71. The van der Waals surface area contributed by atoms with Crippen LogP contribution in [0, 0.1) is 6.92 Å². The molecular formula is C17H13ClN2O4S. The van der Waals surface area contributed by atoms with Gasteiger partial charge < -0.3 is 9.52 Å². The van der Waals surface area contributed by atoms with Crippen molar-refractivity contribution in [2.75, 3.05) is 0 Å². The van der Waals surface area contributed by atoms with E-state index in [0.29, 0.717) is 9.90 Å². The Bertz CT molecular complexity index is 1070. The molecule has 8 heteroatoms. The number of aryl methyl sites for hydroxylation is 1. The molecule has 2 heterocycles. The Kier molecular flexibility index (Phi) is 4.61. The summed E-state index contributed by atoms with van der Waals surface area (Å²) in [5, 5.41) is 14.9. The van der Waals surface area contributed by atoms with Gasteiger partial charge in [0.1, 0.15) is 22.0 Å². The average Bonchev–Trinajstić information content (AvgIpc) is 2.89. The number of thiophene rings is 1. The lowest BCUT2D eigenvalue weighted by Crippen LogP contribution is -2.21. The van der Waals surface area contributed by atoms with Gasteiger partial charge in [-0.25, -0.2) is 10.2 Å². The first kappa shape index (κ1) is 17.2. The van der Waals surface area contributed by atoms with Gasteiger partial charge in [-0.3, -0.25) is 4.79 Å². The van der Waals surface area contributed by atoms with Crippen molar-refractivity contribution in [3.8, 4) is 5.75 Å². The number of fused-ring (bicyclic) bond motifs is 1. The standard InChI is InChI=1S/C17H13ClN2O4S/c1-8-7-11(21)13(17(23)24-8)9(2)19-20-16(22)15-14(18)10-5-3-4-6-12(10)25-15/h3-7,21H,1-2H3,(H,20,22)/b19-9+. The summed E-state index contributed by atoms with van der Waals surface area (Å²) in [5.74, 6) is -0.481. The fourth-order valence-corrected chi connectivity index (χ4v) is 3.74. The van der Waals surface area contributed by atoms with Crippen LogP contribution >= 0.6 is 22.9 Å². The number of halogens is 1. The minimum Gasteiger partial charge on any atom is -0.507 e. The maximum absolute atomic E-state index is 12.3. The van der Waals surface area contributed by atoms with E-state index >= 15 is 0 Å². The topological polar surface area (TPSA) is 91.9 Å². The number of rotatable bonds is 3. The van der Waals surface area contributed by atoms with E-state index in [1.807, 2.05) is 24.3 Å². The average molecular weight is 377 g/mol. The summed E-state index contributed by atoms with van der Waals surface area (Å²) in [6.07, 6.45) is 0. The Morgan fingerprint density at radius 1 is 1.36 bits per heavy atom. The molecule has 3 aromatic rings. The monoisotopic (exact) mass is 376 g/mol. The molecule has 128 valence electrons. The second kappa shape index (κ2) is 6.70. The molecule has 0 spiro atoms. The van der Waals surface area contributed by atoms with E-state index in [-0.39, 0.29) is 22.8 Å². The number of hydrogen-bond acceptors (Lipinski definition) is 6. The van der Waals surface area contributed by atoms with Gasteiger partial charge in [-0.1, -0.05) is 29.8 Å². The van der Waals surface area contributed by atoms with Gasteiger partial charge >= 0.3 is 5.63 Å². The number of hydrazone groups is 1. The van der Waals surface area contributed by atoms with Crippen molar-refractivity contribution in [2.45, 2.75) is 13.8 Å². The summed E-state index contributed by atoms with van der Waals surface area (Å²) in [4.78, 5) is 24.5. The van der Waals surface area contributed by atoms with Crippen LogP contribution in [0.1, 0.15) is 27.9 Å². The molecule has 0 saturated heterocycles. The third-order valence-electron chi connectivity index (χ3n) is 3.48. The quantitative estimate of drug-likeness (QED) is 0.538. The Morgan fingerprint density at radius 3 is 2.76 bits per heavy atom. The van der Waals surface area contributed by atoms with Crippen LogP contribution in [0.3, 0.4) is 0 Å². The van der Waals surface area contributed by atoms with Gasteiger partial charge in [-0.05, 0) is 19.9 Å². The fraction of sp³-hybridized carbons (Fsp3) is 0.118. The second-order valence-electron chi connectivity index (χ2n) is 5.28. The highest BCUT2D eigenvalue weighted by Gasteiger charge is 2.18. The minimum atomic E-state index is -0.729. The van der Waals surface area contributed by atoms with Crippen LogP contribution in [-0.4, -0.2) is 16.7 Å². The van der Waals surface area contributed by atoms with Gasteiger partial charge in [0.2, 0.25) is 0 Å². The van der Waals surface area contributed by atoms with E-state index in [1.165, 1.54) is 24.3 Å². The molecule has 0 radical (unpaired) electrons. The van der Waals surface area contributed by atoms with Crippen LogP contribution in [-0.2, 0) is 0 Å². The Hall–Kier alpha value is -2.64. The number of benzene rings is 1. The largest absolute Gasteiger partial charge is 0.507 e. The van der Waals surface area contributed by atoms with Gasteiger partial charge in [-0.15, -0.1) is 11.3 Å². The van der Waals surface area contributed by atoms with Gasteiger partial charge in [0, 0.05) is 16.2 Å². The number of carbonyl (C=O) groups is 1. The lowest BCUT2D eigenvalue weighted by Gasteiger charge is -2.04. The predicted octanol–water partition coefficient (Wildman–Crippen LogP) is 3.68. The lowest BCUT2D eigenvalue weighted by molar-refractivity contribution is 0.0959. The van der Waals surface area contributed by atoms with Gasteiger partial charge in [0.25, 0.3) is 5.91 Å². The normalized spacial score (nSPS) is 11.7. The molecule has 3 rings (SSSR count). The van der Waals surface area contributed by atoms with Crippen molar-refractivity contribution in [3.63, 3.8) is 0 Å². The summed E-state index contributed by atoms with van der Waals surface area (Å²) >= 11 is 7.49. The molecule has 0 bridgehead atoms. The molecule has 0 saturated carbocycles. The molecule has 0 unspecified atom stereocenters. The van der Waals surface area contributed by atoms with Crippen molar-refractivity contribution in [1.29, 1.82) is 0 Å². The van der Waals surface area contributed by atoms with Gasteiger partial charge in [0.15, 0.2) is 0 Å². The van der Waals surface area contributed by atoms with E-state index < -0.39 is 11.5 Å². The van der Waals surface area contributed by atoms with E-state index in [9.17, 15) is 14.7 Å². The number of nitrogens with one attached hydrogen (secondary N) is 1. The minimum absolute atomic E-state index is 0.103. The number of aromatic hydroxyl groups is 1. The molecule has 0 aliphatic heterocycles. The molecule has 1 aromatic carbocycles. The number of hydrogen-bond donors (Lipinski definition) is 2. The van der Waals surface area contributed by atoms with Crippen LogP contribution < -0.4 is 11.1 Å². The number of amides is 1. The molecule has 2 N–H and O–H groups in total. The molecule has 25 heavy (non-hydrogen) atoms. The van der Waals surface area contributed by atoms with E-state index in [1.54, 1.807) is 6.92 Å². The van der Waals surface area contributed by atoms with Gasteiger partial charge in [-0.2, -0.15) is 5.10 Å². The SMILES string of the molecule is C/C(=N\NC(=O)c1sc2ccccc2c1Cl)c1c(O)cc(C)oc1=O. The predicted molar refractivity (Wildman–Crippen MR) is 97.9 cm³/mol. The first-order chi connectivity index (χ1) is 11.9. The zero-order valence-corrected chi connectivity index (χ0v) is 14.9. The maximum atomic E-state index is 12.3. The number of carbonyl (C=O) groups excluding carboxylic acids is 1. The molecule has 0 aliphatic carbocycles. The summed E-state index contributed by atoms with van der Waals surface area (Å²) in [7, 11) is 0. The van der Waals surface area contributed by atoms with Crippen molar-refractivity contribution in [2.24, 2.45) is 5.10 Å². The van der Waals surface area contributed by atoms with Crippen molar-refractivity contribution in [3.05, 3.63) is 62.0 Å². The molecule has 0 fully saturated rings. The van der Waals surface area contributed by atoms with Crippen molar-refractivity contribution in [1.82, 2.24) is 5.43 Å². The molecule has 2 aromatic heterocycles. The van der Waals surface area contributed by atoms with E-state index in [0.717, 1.165) is 10.1 Å².